The Morgan fingerprint density at radius 1 is 1.14 bits per heavy atom. The SMILES string of the molecule is COc1ccc(C(=O)N(Cc2ccco2)c2nc3c(C(C)C)cccc3s2)cc1. The van der Waals surface area contributed by atoms with E-state index in [0.717, 1.165) is 10.2 Å². The van der Waals surface area contributed by atoms with E-state index in [2.05, 4.69) is 19.9 Å². The Bertz CT molecular complexity index is 1110. The van der Waals surface area contributed by atoms with Gasteiger partial charge in [0.1, 0.15) is 11.5 Å². The lowest BCUT2D eigenvalue weighted by Gasteiger charge is -2.19. The summed E-state index contributed by atoms with van der Waals surface area (Å²) in [7, 11) is 1.60. The molecule has 0 aliphatic rings. The number of amides is 1. The zero-order valence-electron chi connectivity index (χ0n) is 16.6. The second kappa shape index (κ2) is 8.09. The third-order valence-corrected chi connectivity index (χ3v) is 5.81. The van der Waals surface area contributed by atoms with Crippen molar-refractivity contribution < 1.29 is 13.9 Å². The fourth-order valence-electron chi connectivity index (χ4n) is 3.21. The molecule has 0 aliphatic heterocycles. The normalized spacial score (nSPS) is 11.2. The van der Waals surface area contributed by atoms with E-state index in [1.807, 2.05) is 24.3 Å². The standard InChI is InChI=1S/C23H22N2O3S/c1-15(2)19-7-4-8-20-21(19)24-23(29-20)25(14-18-6-5-13-28-18)22(26)16-9-11-17(27-3)12-10-16/h4-13,15H,14H2,1-3H3. The molecule has 0 bridgehead atoms. The molecule has 2 heterocycles. The molecule has 4 aromatic rings. The van der Waals surface area contributed by atoms with Crippen LogP contribution in [0.2, 0.25) is 0 Å². The topological polar surface area (TPSA) is 55.6 Å². The number of furan rings is 1. The van der Waals surface area contributed by atoms with Crippen LogP contribution in [-0.4, -0.2) is 18.0 Å². The van der Waals surface area contributed by atoms with Gasteiger partial charge in [-0.2, -0.15) is 0 Å². The van der Waals surface area contributed by atoms with Crippen molar-refractivity contribution in [1.82, 2.24) is 4.98 Å². The molecule has 0 aliphatic carbocycles. The molecule has 0 unspecified atom stereocenters. The molecule has 0 spiro atoms. The first-order valence-corrected chi connectivity index (χ1v) is 10.3. The lowest BCUT2D eigenvalue weighted by Crippen LogP contribution is -2.30. The molecular weight excluding hydrogens is 384 g/mol. The number of para-hydroxylation sites is 1. The van der Waals surface area contributed by atoms with E-state index in [9.17, 15) is 4.79 Å². The number of ether oxygens (including phenoxy) is 1. The molecule has 29 heavy (non-hydrogen) atoms. The Morgan fingerprint density at radius 2 is 1.93 bits per heavy atom. The zero-order chi connectivity index (χ0) is 20.4. The molecule has 0 radical (unpaired) electrons. The van der Waals surface area contributed by atoms with Crippen molar-refractivity contribution in [3.8, 4) is 5.75 Å². The second-order valence-corrected chi connectivity index (χ2v) is 8.05. The lowest BCUT2D eigenvalue weighted by molar-refractivity contribution is 0.0983. The predicted molar refractivity (Wildman–Crippen MR) is 116 cm³/mol. The minimum atomic E-state index is -0.130. The van der Waals surface area contributed by atoms with Gasteiger partial charge in [-0.25, -0.2) is 4.98 Å². The van der Waals surface area contributed by atoms with Gasteiger partial charge in [0.25, 0.3) is 5.91 Å². The highest BCUT2D eigenvalue weighted by Gasteiger charge is 2.23. The lowest BCUT2D eigenvalue weighted by atomic mass is 10.0. The second-order valence-electron chi connectivity index (χ2n) is 7.04. The molecule has 5 nitrogen and oxygen atoms in total. The molecule has 0 N–H and O–H groups in total. The summed E-state index contributed by atoms with van der Waals surface area (Å²) in [6, 6.07) is 17.0. The smallest absolute Gasteiger partial charge is 0.260 e. The first-order valence-electron chi connectivity index (χ1n) is 9.44. The molecule has 6 heteroatoms. The number of anilines is 1. The number of nitrogens with zero attached hydrogens (tertiary/aromatic N) is 2. The maximum atomic E-state index is 13.4. The van der Waals surface area contributed by atoms with E-state index in [1.165, 1.54) is 16.9 Å². The number of rotatable bonds is 6. The summed E-state index contributed by atoms with van der Waals surface area (Å²) in [5.41, 5.74) is 2.70. The van der Waals surface area contributed by atoms with E-state index in [-0.39, 0.29) is 5.91 Å². The summed E-state index contributed by atoms with van der Waals surface area (Å²) in [4.78, 5) is 19.9. The third kappa shape index (κ3) is 3.89. The number of hydrogen-bond donors (Lipinski definition) is 0. The molecule has 4 rings (SSSR count). The minimum Gasteiger partial charge on any atom is -0.497 e. The van der Waals surface area contributed by atoms with Crippen LogP contribution in [-0.2, 0) is 6.54 Å². The van der Waals surface area contributed by atoms with Crippen molar-refractivity contribution in [3.63, 3.8) is 0 Å². The van der Waals surface area contributed by atoms with E-state index in [1.54, 1.807) is 42.5 Å². The number of hydrogen-bond acceptors (Lipinski definition) is 5. The summed E-state index contributed by atoms with van der Waals surface area (Å²) < 4.78 is 11.8. The Hall–Kier alpha value is -3.12. The van der Waals surface area contributed by atoms with Crippen LogP contribution in [0.1, 0.15) is 41.4 Å². The highest BCUT2D eigenvalue weighted by Crippen LogP contribution is 2.34. The number of aromatic nitrogens is 1. The number of carbonyl (C=O) groups excluding carboxylic acids is 1. The van der Waals surface area contributed by atoms with Crippen LogP contribution >= 0.6 is 11.3 Å². The summed E-state index contributed by atoms with van der Waals surface area (Å²) in [6.07, 6.45) is 1.61. The first-order chi connectivity index (χ1) is 14.1. The van der Waals surface area contributed by atoms with Gasteiger partial charge in [0.2, 0.25) is 0 Å². The Labute approximate surface area is 173 Å². The van der Waals surface area contributed by atoms with E-state index >= 15 is 0 Å². The highest BCUT2D eigenvalue weighted by molar-refractivity contribution is 7.22. The first kappa shape index (κ1) is 19.2. The number of benzene rings is 2. The fraction of sp³-hybridized carbons (Fsp3) is 0.217. The molecule has 148 valence electrons. The van der Waals surface area contributed by atoms with Gasteiger partial charge in [-0.05, 0) is 53.9 Å². The van der Waals surface area contributed by atoms with E-state index in [0.29, 0.717) is 34.7 Å². The average Bonchev–Trinajstić information content (AvgIpc) is 3.40. The quantitative estimate of drug-likeness (QED) is 0.402. The summed E-state index contributed by atoms with van der Waals surface area (Å²) in [5.74, 6) is 1.63. The van der Waals surface area contributed by atoms with Gasteiger partial charge >= 0.3 is 0 Å². The molecule has 0 fully saturated rings. The van der Waals surface area contributed by atoms with Crippen LogP contribution in [0.5, 0.6) is 5.75 Å². The number of methoxy groups -OCH3 is 1. The van der Waals surface area contributed by atoms with Crippen LogP contribution in [0, 0.1) is 0 Å². The monoisotopic (exact) mass is 406 g/mol. The summed E-state index contributed by atoms with van der Waals surface area (Å²) >= 11 is 1.52. The molecule has 2 aromatic heterocycles. The summed E-state index contributed by atoms with van der Waals surface area (Å²) in [6.45, 7) is 4.61. The molecule has 0 atom stereocenters. The van der Waals surface area contributed by atoms with Crippen molar-refractivity contribution in [1.29, 1.82) is 0 Å². The van der Waals surface area contributed by atoms with Gasteiger partial charge in [0, 0.05) is 5.56 Å². The maximum Gasteiger partial charge on any atom is 0.260 e. The van der Waals surface area contributed by atoms with Crippen LogP contribution in [0.3, 0.4) is 0 Å². The van der Waals surface area contributed by atoms with Crippen LogP contribution in [0.25, 0.3) is 10.2 Å². The maximum absolute atomic E-state index is 13.4. The number of thiazole rings is 1. The van der Waals surface area contributed by atoms with Gasteiger partial charge in [-0.1, -0.05) is 37.3 Å². The van der Waals surface area contributed by atoms with Crippen molar-refractivity contribution in [2.45, 2.75) is 26.3 Å². The largest absolute Gasteiger partial charge is 0.497 e. The number of carbonyl (C=O) groups is 1. The van der Waals surface area contributed by atoms with Crippen molar-refractivity contribution >= 4 is 32.6 Å². The van der Waals surface area contributed by atoms with Gasteiger partial charge in [0.15, 0.2) is 5.13 Å². The molecule has 0 saturated heterocycles. The Kier molecular flexibility index (Phi) is 5.36. The fourth-order valence-corrected chi connectivity index (χ4v) is 4.21. The highest BCUT2D eigenvalue weighted by atomic mass is 32.1. The van der Waals surface area contributed by atoms with Crippen LogP contribution in [0.4, 0.5) is 5.13 Å². The van der Waals surface area contributed by atoms with Crippen molar-refractivity contribution in [2.75, 3.05) is 12.0 Å². The predicted octanol–water partition coefficient (Wildman–Crippen LogP) is 5.87. The average molecular weight is 407 g/mol. The zero-order valence-corrected chi connectivity index (χ0v) is 17.4. The Morgan fingerprint density at radius 3 is 2.59 bits per heavy atom. The van der Waals surface area contributed by atoms with Crippen LogP contribution < -0.4 is 9.64 Å². The minimum absolute atomic E-state index is 0.130. The van der Waals surface area contributed by atoms with Crippen molar-refractivity contribution in [2.24, 2.45) is 0 Å². The van der Waals surface area contributed by atoms with Gasteiger partial charge < -0.3 is 9.15 Å². The summed E-state index contributed by atoms with van der Waals surface area (Å²) in [5, 5.41) is 0.658. The Balaban J connectivity index is 1.77. The molecule has 1 amide bonds. The van der Waals surface area contributed by atoms with Gasteiger partial charge in [-0.3, -0.25) is 9.69 Å². The molecule has 2 aromatic carbocycles. The van der Waals surface area contributed by atoms with E-state index in [4.69, 9.17) is 14.1 Å². The third-order valence-electron chi connectivity index (χ3n) is 4.77. The van der Waals surface area contributed by atoms with E-state index < -0.39 is 0 Å². The van der Waals surface area contributed by atoms with Crippen LogP contribution in [0.15, 0.2) is 65.3 Å². The molecule has 0 saturated carbocycles. The van der Waals surface area contributed by atoms with Gasteiger partial charge in [-0.15, -0.1) is 0 Å². The molecular formula is C23H22N2O3S. The van der Waals surface area contributed by atoms with Crippen molar-refractivity contribution in [3.05, 3.63) is 77.7 Å². The van der Waals surface area contributed by atoms with Gasteiger partial charge in [0.05, 0.1) is 30.1 Å². The number of fused-ring (bicyclic) bond motifs is 1.